The van der Waals surface area contributed by atoms with Gasteiger partial charge >= 0.3 is 0 Å². The number of hydrogen-bond donors (Lipinski definition) is 1. The van der Waals surface area contributed by atoms with E-state index in [0.717, 1.165) is 32.0 Å². The predicted octanol–water partition coefficient (Wildman–Crippen LogP) is 0.0917. The Labute approximate surface area is 90.5 Å². The molecule has 0 aromatic carbocycles. The molecule has 2 rings (SSSR count). The van der Waals surface area contributed by atoms with Crippen molar-refractivity contribution in [1.29, 1.82) is 0 Å². The minimum atomic E-state index is 0.614. The summed E-state index contributed by atoms with van der Waals surface area (Å²) in [7, 11) is 2.00. The maximum Gasteiger partial charge on any atom is 0.147 e. The number of fused-ring (bicyclic) bond motifs is 1. The highest BCUT2D eigenvalue weighted by Crippen LogP contribution is 2.13. The van der Waals surface area contributed by atoms with Crippen LogP contribution >= 0.6 is 0 Å². The molecule has 1 aliphatic heterocycles. The zero-order chi connectivity index (χ0) is 10.7. The normalized spacial score (nSPS) is 18.8. The van der Waals surface area contributed by atoms with E-state index in [1.165, 1.54) is 6.42 Å². The van der Waals surface area contributed by atoms with Crippen LogP contribution in [0.5, 0.6) is 0 Å². The molecule has 84 valence electrons. The fourth-order valence-electron chi connectivity index (χ4n) is 2.00. The van der Waals surface area contributed by atoms with Crippen LogP contribution in [0.4, 0.5) is 0 Å². The van der Waals surface area contributed by atoms with Gasteiger partial charge in [-0.3, -0.25) is 4.90 Å². The maximum atomic E-state index is 4.13. The van der Waals surface area contributed by atoms with Crippen molar-refractivity contribution in [2.75, 3.05) is 20.1 Å². The Hall–Kier alpha value is -0.940. The third-order valence-corrected chi connectivity index (χ3v) is 3.10. The van der Waals surface area contributed by atoms with E-state index >= 15 is 0 Å². The molecule has 0 radical (unpaired) electrons. The molecule has 0 aliphatic carbocycles. The van der Waals surface area contributed by atoms with Gasteiger partial charge in [-0.15, -0.1) is 10.2 Å². The van der Waals surface area contributed by atoms with Crippen LogP contribution in [0.3, 0.4) is 0 Å². The minimum Gasteiger partial charge on any atom is -0.320 e. The van der Waals surface area contributed by atoms with E-state index in [1.54, 1.807) is 0 Å². The van der Waals surface area contributed by atoms with Gasteiger partial charge in [0.2, 0.25) is 0 Å². The molecule has 1 atom stereocenters. The number of rotatable bonds is 4. The third kappa shape index (κ3) is 2.35. The zero-order valence-electron chi connectivity index (χ0n) is 9.48. The van der Waals surface area contributed by atoms with Gasteiger partial charge in [0.05, 0.1) is 6.54 Å². The molecule has 0 spiro atoms. The Morgan fingerprint density at radius 1 is 1.53 bits per heavy atom. The van der Waals surface area contributed by atoms with Crippen molar-refractivity contribution in [3.05, 3.63) is 12.2 Å². The molecule has 0 saturated heterocycles. The lowest BCUT2D eigenvalue weighted by Crippen LogP contribution is -2.40. The monoisotopic (exact) mass is 209 g/mol. The first-order valence-electron chi connectivity index (χ1n) is 5.56. The predicted molar refractivity (Wildman–Crippen MR) is 58.4 cm³/mol. The molecule has 1 aliphatic rings. The summed E-state index contributed by atoms with van der Waals surface area (Å²) in [5, 5.41) is 11.3. The summed E-state index contributed by atoms with van der Waals surface area (Å²) in [6, 6.07) is 0.614. The fourth-order valence-corrected chi connectivity index (χ4v) is 2.00. The Morgan fingerprint density at radius 2 is 2.40 bits per heavy atom. The summed E-state index contributed by atoms with van der Waals surface area (Å²) in [5.74, 6) is 1.09. The van der Waals surface area contributed by atoms with E-state index in [-0.39, 0.29) is 0 Å². The highest BCUT2D eigenvalue weighted by molar-refractivity contribution is 4.91. The number of hydrogen-bond acceptors (Lipinski definition) is 4. The molecular formula is C10H19N5. The van der Waals surface area contributed by atoms with E-state index in [0.29, 0.717) is 6.04 Å². The van der Waals surface area contributed by atoms with Crippen molar-refractivity contribution in [3.8, 4) is 0 Å². The summed E-state index contributed by atoms with van der Waals surface area (Å²) in [6.07, 6.45) is 3.01. The van der Waals surface area contributed by atoms with Crippen molar-refractivity contribution in [2.45, 2.75) is 32.5 Å². The molecule has 5 nitrogen and oxygen atoms in total. The molecular weight excluding hydrogens is 190 g/mol. The largest absolute Gasteiger partial charge is 0.320 e. The van der Waals surface area contributed by atoms with E-state index < -0.39 is 0 Å². The standard InChI is InChI=1S/C10H19N5/c1-9(3-4-11-2)14-5-6-15-8-12-13-10(15)7-14/h8-9,11H,3-7H2,1-2H3. The highest BCUT2D eigenvalue weighted by atomic mass is 15.3. The van der Waals surface area contributed by atoms with Crippen LogP contribution in [-0.2, 0) is 13.1 Å². The molecule has 0 saturated carbocycles. The van der Waals surface area contributed by atoms with Crippen molar-refractivity contribution in [3.63, 3.8) is 0 Å². The third-order valence-electron chi connectivity index (χ3n) is 3.10. The van der Waals surface area contributed by atoms with Crippen LogP contribution in [0.15, 0.2) is 6.33 Å². The molecule has 1 N–H and O–H groups in total. The molecule has 5 heteroatoms. The Morgan fingerprint density at radius 3 is 3.20 bits per heavy atom. The van der Waals surface area contributed by atoms with Gasteiger partial charge < -0.3 is 9.88 Å². The summed E-state index contributed by atoms with van der Waals surface area (Å²) < 4.78 is 2.14. The first-order valence-corrected chi connectivity index (χ1v) is 5.56. The van der Waals surface area contributed by atoms with Crippen molar-refractivity contribution < 1.29 is 0 Å². The van der Waals surface area contributed by atoms with Gasteiger partial charge in [-0.2, -0.15) is 0 Å². The molecule has 1 aromatic heterocycles. The molecule has 1 aromatic rings. The maximum absolute atomic E-state index is 4.13. The summed E-state index contributed by atoms with van der Waals surface area (Å²) in [4.78, 5) is 2.47. The second-order valence-electron chi connectivity index (χ2n) is 4.15. The average Bonchev–Trinajstić information content (AvgIpc) is 2.72. The van der Waals surface area contributed by atoms with Gasteiger partial charge in [0, 0.05) is 19.1 Å². The summed E-state index contributed by atoms with van der Waals surface area (Å²) in [6.45, 7) is 6.42. The van der Waals surface area contributed by atoms with Crippen LogP contribution < -0.4 is 5.32 Å². The van der Waals surface area contributed by atoms with E-state index in [1.807, 2.05) is 13.4 Å². The first kappa shape index (κ1) is 10.6. The van der Waals surface area contributed by atoms with E-state index in [9.17, 15) is 0 Å². The molecule has 0 fully saturated rings. The van der Waals surface area contributed by atoms with Crippen LogP contribution in [0.25, 0.3) is 0 Å². The topological polar surface area (TPSA) is 46.0 Å². The minimum absolute atomic E-state index is 0.614. The molecule has 0 amide bonds. The van der Waals surface area contributed by atoms with Gasteiger partial charge in [0.15, 0.2) is 0 Å². The Kier molecular flexibility index (Phi) is 3.33. The Bertz CT molecular complexity index is 309. The van der Waals surface area contributed by atoms with Crippen molar-refractivity contribution in [1.82, 2.24) is 25.0 Å². The van der Waals surface area contributed by atoms with Gasteiger partial charge in [-0.1, -0.05) is 0 Å². The quantitative estimate of drug-likeness (QED) is 0.763. The van der Waals surface area contributed by atoms with Gasteiger partial charge in [-0.25, -0.2) is 0 Å². The van der Waals surface area contributed by atoms with Gasteiger partial charge in [0.25, 0.3) is 0 Å². The van der Waals surface area contributed by atoms with Crippen LogP contribution in [0.2, 0.25) is 0 Å². The van der Waals surface area contributed by atoms with Crippen LogP contribution in [-0.4, -0.2) is 45.8 Å². The van der Waals surface area contributed by atoms with Gasteiger partial charge in [-0.05, 0) is 26.9 Å². The SMILES string of the molecule is CNCCC(C)N1CCn2cnnc2C1. The fraction of sp³-hybridized carbons (Fsp3) is 0.800. The lowest BCUT2D eigenvalue weighted by atomic mass is 10.2. The van der Waals surface area contributed by atoms with Crippen molar-refractivity contribution >= 4 is 0 Å². The first-order chi connectivity index (χ1) is 7.31. The molecule has 0 bridgehead atoms. The second kappa shape index (κ2) is 4.72. The lowest BCUT2D eigenvalue weighted by molar-refractivity contribution is 0.155. The number of nitrogens with zero attached hydrogens (tertiary/aromatic N) is 4. The average molecular weight is 209 g/mol. The Balaban J connectivity index is 1.91. The molecule has 15 heavy (non-hydrogen) atoms. The van der Waals surface area contributed by atoms with Crippen LogP contribution in [0.1, 0.15) is 19.2 Å². The highest BCUT2D eigenvalue weighted by Gasteiger charge is 2.20. The van der Waals surface area contributed by atoms with Crippen molar-refractivity contribution in [2.24, 2.45) is 0 Å². The smallest absolute Gasteiger partial charge is 0.147 e. The molecule has 1 unspecified atom stereocenters. The summed E-state index contributed by atoms with van der Waals surface area (Å²) >= 11 is 0. The van der Waals surface area contributed by atoms with Crippen LogP contribution in [0, 0.1) is 0 Å². The number of nitrogens with one attached hydrogen (secondary N) is 1. The second-order valence-corrected chi connectivity index (χ2v) is 4.15. The molecule has 2 heterocycles. The number of aromatic nitrogens is 3. The van der Waals surface area contributed by atoms with E-state index in [4.69, 9.17) is 0 Å². The van der Waals surface area contributed by atoms with E-state index in [2.05, 4.69) is 31.9 Å². The summed E-state index contributed by atoms with van der Waals surface area (Å²) in [5.41, 5.74) is 0. The zero-order valence-corrected chi connectivity index (χ0v) is 9.48. The lowest BCUT2D eigenvalue weighted by Gasteiger charge is -2.32. The van der Waals surface area contributed by atoms with Gasteiger partial charge in [0.1, 0.15) is 12.2 Å².